The van der Waals surface area contributed by atoms with Gasteiger partial charge < -0.3 is 24.8 Å². The van der Waals surface area contributed by atoms with Crippen LogP contribution in [-0.4, -0.2) is 4.21 Å². The molecule has 0 fully saturated rings. The first-order chi connectivity index (χ1) is 18.1. The molecule has 0 N–H and O–H groups in total. The molecule has 0 aliphatic heterocycles. The maximum absolute atomic E-state index is 5.11. The van der Waals surface area contributed by atoms with Gasteiger partial charge in [-0.05, 0) is 0 Å². The van der Waals surface area contributed by atoms with Crippen molar-refractivity contribution in [2.45, 2.75) is 99.8 Å². The molecule has 0 bridgehead atoms. The average Bonchev–Trinajstić information content (AvgIpc) is 3.49. The molecule has 0 heterocycles. The molecule has 0 radical (unpaired) electrons. The van der Waals surface area contributed by atoms with E-state index in [0.29, 0.717) is 5.92 Å². The smallest absolute Gasteiger partial charge is 1.00 e. The standard InChI is InChI=1S/C25H25.C12H19.CH2.2ClH.Zr/c1-14-12-24(3,4)22-8-16-7-17-9-23-19(15(2)13-25(23,5)6)11-21(17)20(16)10-18(14)22;1-6-10-7-9(2)8-11(10)12(3,4)5;;;;/h8-12H,7H2,1-6H3;8-9H,6H2,1-5H3;1H2;2*1H;/q;;;;;+2/p-2. The summed E-state index contributed by atoms with van der Waals surface area (Å²) >= 11 is -2.34. The Hall–Kier alpha value is -1.27. The largest absolute Gasteiger partial charge is 1.00 e. The molecular weight excluding hydrogens is 619 g/mol. The molecule has 2 aromatic carbocycles. The van der Waals surface area contributed by atoms with Crippen molar-refractivity contribution in [1.82, 2.24) is 0 Å². The molecule has 0 aromatic heterocycles. The Morgan fingerprint density at radius 3 is 2.00 bits per heavy atom. The van der Waals surface area contributed by atoms with Crippen molar-refractivity contribution in [3.63, 3.8) is 0 Å². The van der Waals surface area contributed by atoms with Gasteiger partial charge >= 0.3 is 246 Å². The number of allylic oxidation sites excluding steroid dienone is 8. The Labute approximate surface area is 269 Å². The van der Waals surface area contributed by atoms with Crippen LogP contribution < -0.4 is 24.8 Å². The van der Waals surface area contributed by atoms with E-state index < -0.39 is 21.3 Å². The summed E-state index contributed by atoms with van der Waals surface area (Å²) in [6.07, 6.45) is 7.21. The zero-order valence-electron chi connectivity index (χ0n) is 26.9. The van der Waals surface area contributed by atoms with E-state index >= 15 is 0 Å². The predicted octanol–water partition coefficient (Wildman–Crippen LogP) is 4.32. The van der Waals surface area contributed by atoms with Gasteiger partial charge in [-0.15, -0.1) is 0 Å². The molecule has 216 valence electrons. The van der Waals surface area contributed by atoms with Crippen molar-refractivity contribution in [2.75, 3.05) is 0 Å². The third-order valence-corrected chi connectivity index (χ3v) is 17.6. The summed E-state index contributed by atoms with van der Waals surface area (Å²) in [5.74, 6) is 0.528. The quantitative estimate of drug-likeness (QED) is 0.392. The van der Waals surface area contributed by atoms with E-state index in [9.17, 15) is 0 Å². The van der Waals surface area contributed by atoms with Crippen molar-refractivity contribution in [1.29, 1.82) is 0 Å². The number of fused-ring (bicyclic) bond motifs is 5. The molecule has 0 spiro atoms. The number of benzene rings is 2. The summed E-state index contributed by atoms with van der Waals surface area (Å²) in [4.78, 5) is 0. The molecule has 0 amide bonds. The third-order valence-electron chi connectivity index (χ3n) is 10.2. The molecule has 2 aromatic rings. The first kappa shape index (κ1) is 32.6. The normalized spacial score (nSPS) is 20.8. The summed E-state index contributed by atoms with van der Waals surface area (Å²) in [6, 6.07) is 10.2. The fraction of sp³-hybridized carbons (Fsp3) is 0.447. The topological polar surface area (TPSA) is 0 Å². The van der Waals surface area contributed by atoms with Gasteiger partial charge in [0.1, 0.15) is 0 Å². The van der Waals surface area contributed by atoms with Gasteiger partial charge in [0, 0.05) is 0 Å². The minimum absolute atomic E-state index is 0. The van der Waals surface area contributed by atoms with E-state index in [2.05, 4.69) is 113 Å². The Morgan fingerprint density at radius 2 is 1.44 bits per heavy atom. The summed E-state index contributed by atoms with van der Waals surface area (Å²) in [7, 11) is 0. The molecule has 4 aliphatic rings. The van der Waals surface area contributed by atoms with Crippen LogP contribution in [0.4, 0.5) is 0 Å². The second-order valence-corrected chi connectivity index (χ2v) is 19.7. The van der Waals surface area contributed by atoms with Crippen molar-refractivity contribution < 1.29 is 46.1 Å². The monoisotopic (exact) mass is 662 g/mol. The van der Waals surface area contributed by atoms with Gasteiger partial charge in [-0.25, -0.2) is 0 Å². The molecule has 41 heavy (non-hydrogen) atoms. The van der Waals surface area contributed by atoms with Crippen LogP contribution >= 0.6 is 0 Å². The first-order valence-electron chi connectivity index (χ1n) is 15.0. The predicted molar refractivity (Wildman–Crippen MR) is 168 cm³/mol. The van der Waals surface area contributed by atoms with Gasteiger partial charge in [0.2, 0.25) is 0 Å². The molecule has 0 nitrogen and oxygen atoms in total. The Balaban J connectivity index is 0.00000194. The first-order valence-corrected chi connectivity index (χ1v) is 19.2. The fourth-order valence-corrected chi connectivity index (χ4v) is 16.1. The third kappa shape index (κ3) is 4.67. The average molecular weight is 665 g/mol. The second kappa shape index (κ2) is 10.4. The number of halogens is 2. The number of rotatable bonds is 3. The molecule has 3 heteroatoms. The van der Waals surface area contributed by atoms with Crippen LogP contribution in [0.25, 0.3) is 22.3 Å². The second-order valence-electron chi connectivity index (χ2n) is 14.8. The molecule has 6 rings (SSSR count). The van der Waals surface area contributed by atoms with E-state index in [-0.39, 0.29) is 41.1 Å². The number of hydrogen-bond donors (Lipinski definition) is 0. The molecule has 1 unspecified atom stereocenters. The van der Waals surface area contributed by atoms with E-state index in [1.165, 1.54) is 50.1 Å². The van der Waals surface area contributed by atoms with Crippen LogP contribution in [0, 0.1) is 11.3 Å². The SMILES string of the molecule is [CH2]=[Zr+2]([C]1=C(CC)C(C(C)(C)C)=CC1C)[C]1=C(C)c2cc3c(cc2C1(C)C)Cc1cc2c(cc1-3)C(C)=CC2(C)C.[Cl-].[Cl-]. The van der Waals surface area contributed by atoms with Crippen molar-refractivity contribution >= 4 is 15.4 Å². The van der Waals surface area contributed by atoms with Gasteiger partial charge in [-0.1, -0.05) is 0 Å². The number of hydrogen-bond acceptors (Lipinski definition) is 0. The Bertz CT molecular complexity index is 1630. The minimum atomic E-state index is -2.34. The zero-order chi connectivity index (χ0) is 28.4. The van der Waals surface area contributed by atoms with Gasteiger partial charge in [-0.3, -0.25) is 0 Å². The van der Waals surface area contributed by atoms with Crippen LogP contribution in [0.5, 0.6) is 0 Å². The van der Waals surface area contributed by atoms with E-state index in [0.717, 1.165) is 12.8 Å². The zero-order valence-corrected chi connectivity index (χ0v) is 30.9. The summed E-state index contributed by atoms with van der Waals surface area (Å²) < 4.78 is 8.58. The van der Waals surface area contributed by atoms with Gasteiger partial charge in [0.15, 0.2) is 0 Å². The minimum Gasteiger partial charge on any atom is -1.00 e. The molecule has 0 saturated carbocycles. The van der Waals surface area contributed by atoms with Crippen molar-refractivity contribution in [3.05, 3.63) is 87.5 Å². The van der Waals surface area contributed by atoms with Crippen LogP contribution in [0.15, 0.2) is 54.1 Å². The summed E-state index contributed by atoms with van der Waals surface area (Å²) in [5, 5.41) is 0. The fourth-order valence-electron chi connectivity index (χ4n) is 8.54. The maximum atomic E-state index is 5.11. The summed E-state index contributed by atoms with van der Waals surface area (Å²) in [6.45, 7) is 26.3. The molecule has 4 aliphatic carbocycles. The molecular formula is C38H46Cl2Zr. The Kier molecular flexibility index (Phi) is 8.30. The van der Waals surface area contributed by atoms with Crippen molar-refractivity contribution in [2.24, 2.45) is 11.3 Å². The van der Waals surface area contributed by atoms with Gasteiger partial charge in [0.25, 0.3) is 0 Å². The van der Waals surface area contributed by atoms with E-state index in [1.54, 1.807) is 23.3 Å². The Morgan fingerprint density at radius 1 is 0.878 bits per heavy atom. The maximum Gasteiger partial charge on any atom is -1.00 e. The molecule has 0 saturated heterocycles. The van der Waals surface area contributed by atoms with Gasteiger partial charge in [0.05, 0.1) is 0 Å². The van der Waals surface area contributed by atoms with Crippen LogP contribution in [0.2, 0.25) is 0 Å². The van der Waals surface area contributed by atoms with E-state index in [1.807, 2.05) is 0 Å². The summed E-state index contributed by atoms with van der Waals surface area (Å²) in [5.41, 5.74) is 18.5. The van der Waals surface area contributed by atoms with Gasteiger partial charge in [-0.2, -0.15) is 0 Å². The van der Waals surface area contributed by atoms with Crippen molar-refractivity contribution in [3.8, 4) is 11.1 Å². The molecule has 1 atom stereocenters. The van der Waals surface area contributed by atoms with Crippen LogP contribution in [0.3, 0.4) is 0 Å². The van der Waals surface area contributed by atoms with E-state index in [4.69, 9.17) is 4.21 Å². The van der Waals surface area contributed by atoms with Crippen LogP contribution in [-0.2, 0) is 38.5 Å². The van der Waals surface area contributed by atoms with Crippen LogP contribution in [0.1, 0.15) is 116 Å².